The topological polar surface area (TPSA) is 52.6 Å². The summed E-state index contributed by atoms with van der Waals surface area (Å²) in [4.78, 5) is 14.4. The predicted octanol–water partition coefficient (Wildman–Crippen LogP) is 0.851. The van der Waals surface area contributed by atoms with Gasteiger partial charge in [0.25, 0.3) is 0 Å². The molecule has 0 aromatic carbocycles. The molecule has 0 aliphatic carbocycles. The molecule has 0 aromatic heterocycles. The Morgan fingerprint density at radius 1 is 1.33 bits per heavy atom. The molecule has 0 bridgehead atoms. The Labute approximate surface area is 110 Å². The average molecular weight is 254 g/mol. The number of hydrogen-bond acceptors (Lipinski definition) is 3. The zero-order chi connectivity index (χ0) is 13.1. The lowest BCUT2D eigenvalue weighted by Crippen LogP contribution is -2.48. The molecule has 0 aromatic rings. The van der Waals surface area contributed by atoms with Gasteiger partial charge in [0, 0.05) is 19.6 Å². The average Bonchev–Trinajstić information content (AvgIpc) is 2.38. The lowest BCUT2D eigenvalue weighted by atomic mass is 9.88. The maximum Gasteiger partial charge on any atom is 0.226 e. The molecule has 2 heterocycles. The van der Waals surface area contributed by atoms with Crippen LogP contribution < -0.4 is 5.32 Å². The van der Waals surface area contributed by atoms with Crippen LogP contribution in [0.15, 0.2) is 0 Å². The van der Waals surface area contributed by atoms with Crippen LogP contribution in [0.2, 0.25) is 0 Å². The Morgan fingerprint density at radius 3 is 2.56 bits per heavy atom. The Morgan fingerprint density at radius 2 is 2.00 bits per heavy atom. The quantitative estimate of drug-likeness (QED) is 0.768. The van der Waals surface area contributed by atoms with E-state index in [9.17, 15) is 9.90 Å². The van der Waals surface area contributed by atoms with Crippen LogP contribution in [0.25, 0.3) is 0 Å². The van der Waals surface area contributed by atoms with E-state index in [0.717, 1.165) is 45.4 Å². The van der Waals surface area contributed by atoms with Crippen molar-refractivity contribution in [2.75, 3.05) is 26.2 Å². The molecular weight excluding hydrogens is 228 g/mol. The predicted molar refractivity (Wildman–Crippen MR) is 71.1 cm³/mol. The molecule has 0 radical (unpaired) electrons. The van der Waals surface area contributed by atoms with E-state index in [0.29, 0.717) is 17.7 Å². The fourth-order valence-electron chi connectivity index (χ4n) is 3.20. The second-order valence-corrected chi connectivity index (χ2v) is 6.10. The van der Waals surface area contributed by atoms with Crippen LogP contribution in [-0.2, 0) is 4.79 Å². The molecule has 1 amide bonds. The van der Waals surface area contributed by atoms with Crippen molar-refractivity contribution in [1.29, 1.82) is 0 Å². The number of likely N-dealkylation sites (tertiary alicyclic amines) is 1. The molecule has 0 spiro atoms. The van der Waals surface area contributed by atoms with Crippen LogP contribution in [0.4, 0.5) is 0 Å². The van der Waals surface area contributed by atoms with Crippen LogP contribution in [0.3, 0.4) is 0 Å². The molecule has 2 N–H and O–H groups in total. The van der Waals surface area contributed by atoms with Gasteiger partial charge in [-0.25, -0.2) is 0 Å². The molecule has 4 nitrogen and oxygen atoms in total. The first-order chi connectivity index (χ1) is 8.58. The largest absolute Gasteiger partial charge is 0.393 e. The molecule has 3 atom stereocenters. The van der Waals surface area contributed by atoms with Crippen molar-refractivity contribution in [3.05, 3.63) is 0 Å². The summed E-state index contributed by atoms with van der Waals surface area (Å²) in [5.41, 5.74) is 0. The lowest BCUT2D eigenvalue weighted by Gasteiger charge is -2.37. The minimum absolute atomic E-state index is 0.164. The van der Waals surface area contributed by atoms with Crippen LogP contribution in [0.5, 0.6) is 0 Å². The smallest absolute Gasteiger partial charge is 0.226 e. The maximum absolute atomic E-state index is 12.4. The van der Waals surface area contributed by atoms with Crippen LogP contribution >= 0.6 is 0 Å². The van der Waals surface area contributed by atoms with E-state index in [1.54, 1.807) is 0 Å². The second kappa shape index (κ2) is 6.02. The van der Waals surface area contributed by atoms with E-state index >= 15 is 0 Å². The SMILES string of the molecule is CC1CNCC(C(=O)N2CCC(C(C)O)CC2)C1. The number of rotatable bonds is 2. The number of nitrogens with one attached hydrogen (secondary N) is 1. The van der Waals surface area contributed by atoms with Crippen molar-refractivity contribution in [2.24, 2.45) is 17.8 Å². The van der Waals surface area contributed by atoms with E-state index in [-0.39, 0.29) is 12.0 Å². The number of aliphatic hydroxyl groups excluding tert-OH is 1. The van der Waals surface area contributed by atoms with Gasteiger partial charge in [-0.1, -0.05) is 6.92 Å². The number of aliphatic hydroxyl groups is 1. The van der Waals surface area contributed by atoms with Crippen molar-refractivity contribution in [3.63, 3.8) is 0 Å². The molecule has 2 aliphatic rings. The van der Waals surface area contributed by atoms with E-state index in [2.05, 4.69) is 12.2 Å². The summed E-state index contributed by atoms with van der Waals surface area (Å²) in [7, 11) is 0. The second-order valence-electron chi connectivity index (χ2n) is 6.10. The van der Waals surface area contributed by atoms with Gasteiger partial charge in [-0.3, -0.25) is 4.79 Å². The number of hydrogen-bond donors (Lipinski definition) is 2. The van der Waals surface area contributed by atoms with Crippen LogP contribution in [0.1, 0.15) is 33.1 Å². The minimum Gasteiger partial charge on any atom is -0.393 e. The Balaban J connectivity index is 1.83. The highest BCUT2D eigenvalue weighted by Crippen LogP contribution is 2.24. The molecular formula is C14H26N2O2. The summed E-state index contributed by atoms with van der Waals surface area (Å²) >= 11 is 0. The minimum atomic E-state index is -0.237. The van der Waals surface area contributed by atoms with Crippen LogP contribution in [0, 0.1) is 17.8 Å². The normalized spacial score (nSPS) is 32.3. The number of carbonyl (C=O) groups excluding carboxylic acids is 1. The van der Waals surface area contributed by atoms with Crippen LogP contribution in [-0.4, -0.2) is 48.2 Å². The van der Waals surface area contributed by atoms with Gasteiger partial charge in [0.2, 0.25) is 5.91 Å². The van der Waals surface area contributed by atoms with Gasteiger partial charge in [-0.05, 0) is 44.6 Å². The zero-order valence-electron chi connectivity index (χ0n) is 11.6. The first-order valence-electron chi connectivity index (χ1n) is 7.25. The summed E-state index contributed by atoms with van der Waals surface area (Å²) in [5.74, 6) is 1.45. The first-order valence-corrected chi connectivity index (χ1v) is 7.25. The standard InChI is InChI=1S/C14H26N2O2/c1-10-7-13(9-15-8-10)14(18)16-5-3-12(4-6-16)11(2)17/h10-13,15,17H,3-9H2,1-2H3. The van der Waals surface area contributed by atoms with Gasteiger partial charge in [-0.2, -0.15) is 0 Å². The van der Waals surface area contributed by atoms with E-state index in [1.165, 1.54) is 0 Å². The van der Waals surface area contributed by atoms with Gasteiger partial charge >= 0.3 is 0 Å². The van der Waals surface area contributed by atoms with E-state index in [1.807, 2.05) is 11.8 Å². The third-order valence-corrected chi connectivity index (χ3v) is 4.45. The van der Waals surface area contributed by atoms with E-state index in [4.69, 9.17) is 0 Å². The highest BCUT2D eigenvalue weighted by Gasteiger charge is 2.31. The van der Waals surface area contributed by atoms with Gasteiger partial charge < -0.3 is 15.3 Å². The molecule has 0 saturated carbocycles. The fourth-order valence-corrected chi connectivity index (χ4v) is 3.20. The van der Waals surface area contributed by atoms with Gasteiger partial charge in [-0.15, -0.1) is 0 Å². The van der Waals surface area contributed by atoms with Crippen molar-refractivity contribution in [3.8, 4) is 0 Å². The molecule has 2 aliphatic heterocycles. The van der Waals surface area contributed by atoms with Gasteiger partial charge in [0.05, 0.1) is 12.0 Å². The van der Waals surface area contributed by atoms with Crippen molar-refractivity contribution < 1.29 is 9.90 Å². The van der Waals surface area contributed by atoms with Gasteiger partial charge in [0.15, 0.2) is 0 Å². The molecule has 2 saturated heterocycles. The zero-order valence-corrected chi connectivity index (χ0v) is 11.6. The number of amides is 1. The molecule has 4 heteroatoms. The summed E-state index contributed by atoms with van der Waals surface area (Å²) in [6, 6.07) is 0. The lowest BCUT2D eigenvalue weighted by molar-refractivity contribution is -0.138. The highest BCUT2D eigenvalue weighted by molar-refractivity contribution is 5.79. The molecule has 2 fully saturated rings. The molecule has 18 heavy (non-hydrogen) atoms. The Kier molecular flexibility index (Phi) is 4.62. The van der Waals surface area contributed by atoms with Crippen molar-refractivity contribution >= 4 is 5.91 Å². The van der Waals surface area contributed by atoms with Gasteiger partial charge in [0.1, 0.15) is 0 Å². The van der Waals surface area contributed by atoms with Crippen molar-refractivity contribution in [2.45, 2.75) is 39.2 Å². The summed E-state index contributed by atoms with van der Waals surface area (Å²) in [6.07, 6.45) is 2.67. The Hall–Kier alpha value is -0.610. The third-order valence-electron chi connectivity index (χ3n) is 4.45. The van der Waals surface area contributed by atoms with Crippen molar-refractivity contribution in [1.82, 2.24) is 10.2 Å². The van der Waals surface area contributed by atoms with E-state index < -0.39 is 0 Å². The Bertz CT molecular complexity index is 286. The fraction of sp³-hybridized carbons (Fsp3) is 0.929. The maximum atomic E-state index is 12.4. The molecule has 2 rings (SSSR count). The third kappa shape index (κ3) is 3.23. The summed E-state index contributed by atoms with van der Waals surface area (Å²) < 4.78 is 0. The monoisotopic (exact) mass is 254 g/mol. The highest BCUT2D eigenvalue weighted by atomic mass is 16.3. The summed E-state index contributed by atoms with van der Waals surface area (Å²) in [5, 5.41) is 12.9. The number of nitrogens with zero attached hydrogens (tertiary/aromatic N) is 1. The molecule has 3 unspecified atom stereocenters. The number of piperidine rings is 2. The number of carbonyl (C=O) groups is 1. The summed E-state index contributed by atoms with van der Waals surface area (Å²) in [6.45, 7) is 7.56. The molecule has 104 valence electrons. The first kappa shape index (κ1) is 13.8.